The van der Waals surface area contributed by atoms with Crippen LogP contribution < -0.4 is 10.1 Å². The second-order valence-electron chi connectivity index (χ2n) is 4.16. The minimum absolute atomic E-state index is 0.139. The summed E-state index contributed by atoms with van der Waals surface area (Å²) in [4.78, 5) is 12.0. The Labute approximate surface area is 124 Å². The third kappa shape index (κ3) is 3.57. The fraction of sp³-hybridized carbons (Fsp3) is 0.133. The van der Waals surface area contributed by atoms with Crippen LogP contribution in [-0.2, 0) is 4.79 Å². The summed E-state index contributed by atoms with van der Waals surface area (Å²) in [6.45, 7) is 1.61. The first-order chi connectivity index (χ1) is 9.58. The highest BCUT2D eigenvalue weighted by Gasteiger charge is 2.17. The molecule has 0 aromatic heterocycles. The van der Waals surface area contributed by atoms with Gasteiger partial charge in [-0.3, -0.25) is 4.79 Å². The second kappa shape index (κ2) is 6.52. The van der Waals surface area contributed by atoms with E-state index in [0.717, 1.165) is 4.47 Å². The monoisotopic (exact) mass is 337 g/mol. The number of hydrogen-bond donors (Lipinski definition) is 1. The van der Waals surface area contributed by atoms with Gasteiger partial charge in [0.15, 0.2) is 6.10 Å². The lowest BCUT2D eigenvalue weighted by Gasteiger charge is -2.15. The van der Waals surface area contributed by atoms with Crippen LogP contribution >= 0.6 is 15.9 Å². The summed E-state index contributed by atoms with van der Waals surface area (Å²) in [6.07, 6.45) is -0.742. The number of carbonyl (C=O) groups excluding carboxylic acids is 1. The van der Waals surface area contributed by atoms with Crippen LogP contribution in [0.4, 0.5) is 10.1 Å². The number of anilines is 1. The van der Waals surface area contributed by atoms with Crippen molar-refractivity contribution in [3.8, 4) is 5.75 Å². The van der Waals surface area contributed by atoms with Gasteiger partial charge in [-0.2, -0.15) is 0 Å². The molecule has 0 saturated carbocycles. The van der Waals surface area contributed by atoms with Gasteiger partial charge >= 0.3 is 0 Å². The number of halogens is 2. The third-order valence-corrected chi connectivity index (χ3v) is 3.30. The van der Waals surface area contributed by atoms with Crippen LogP contribution in [0.3, 0.4) is 0 Å². The minimum atomic E-state index is -0.742. The number of para-hydroxylation sites is 2. The van der Waals surface area contributed by atoms with Gasteiger partial charge in [0.2, 0.25) is 0 Å². The van der Waals surface area contributed by atoms with E-state index in [0.29, 0.717) is 5.75 Å². The first-order valence-electron chi connectivity index (χ1n) is 6.04. The Bertz CT molecular complexity index is 618. The van der Waals surface area contributed by atoms with Gasteiger partial charge in [0.25, 0.3) is 5.91 Å². The number of ether oxygens (including phenoxy) is 1. The minimum Gasteiger partial charge on any atom is -0.480 e. The van der Waals surface area contributed by atoms with E-state index in [4.69, 9.17) is 4.74 Å². The Morgan fingerprint density at radius 3 is 2.55 bits per heavy atom. The third-order valence-electron chi connectivity index (χ3n) is 2.64. The highest BCUT2D eigenvalue weighted by atomic mass is 79.9. The summed E-state index contributed by atoms with van der Waals surface area (Å²) in [5.74, 6) is -0.330. The van der Waals surface area contributed by atoms with E-state index >= 15 is 0 Å². The van der Waals surface area contributed by atoms with Gasteiger partial charge < -0.3 is 10.1 Å². The lowest BCUT2D eigenvalue weighted by molar-refractivity contribution is -0.122. The Kier molecular flexibility index (Phi) is 4.74. The van der Waals surface area contributed by atoms with E-state index < -0.39 is 17.8 Å². The molecule has 1 amide bonds. The lowest BCUT2D eigenvalue weighted by Crippen LogP contribution is -2.30. The molecule has 1 atom stereocenters. The predicted molar refractivity (Wildman–Crippen MR) is 79.3 cm³/mol. The van der Waals surface area contributed by atoms with Gasteiger partial charge in [-0.05, 0) is 47.1 Å². The standard InChI is InChI=1S/C15H13BrFNO2/c1-10(20-14-9-5-2-6-11(14)16)15(19)18-13-8-4-3-7-12(13)17/h2-10H,1H3,(H,18,19)/t10-/m0/s1. The van der Waals surface area contributed by atoms with Crippen LogP contribution in [0.15, 0.2) is 53.0 Å². The quantitative estimate of drug-likeness (QED) is 0.915. The van der Waals surface area contributed by atoms with Crippen molar-refractivity contribution < 1.29 is 13.9 Å². The highest BCUT2D eigenvalue weighted by Crippen LogP contribution is 2.25. The van der Waals surface area contributed by atoms with Crippen molar-refractivity contribution in [2.75, 3.05) is 5.32 Å². The molecule has 0 aliphatic heterocycles. The summed E-state index contributed by atoms with van der Waals surface area (Å²) in [5.41, 5.74) is 0.139. The second-order valence-corrected chi connectivity index (χ2v) is 5.01. The van der Waals surface area contributed by atoms with E-state index in [-0.39, 0.29) is 5.69 Å². The molecule has 0 radical (unpaired) electrons. The SMILES string of the molecule is C[C@H](Oc1ccccc1Br)C(=O)Nc1ccccc1F. The van der Waals surface area contributed by atoms with Crippen LogP contribution in [-0.4, -0.2) is 12.0 Å². The highest BCUT2D eigenvalue weighted by molar-refractivity contribution is 9.10. The zero-order valence-corrected chi connectivity index (χ0v) is 12.4. The Morgan fingerprint density at radius 2 is 1.85 bits per heavy atom. The number of rotatable bonds is 4. The Morgan fingerprint density at radius 1 is 1.20 bits per heavy atom. The number of carbonyl (C=O) groups is 1. The Hall–Kier alpha value is -1.88. The topological polar surface area (TPSA) is 38.3 Å². The molecule has 5 heteroatoms. The molecule has 0 fully saturated rings. The zero-order chi connectivity index (χ0) is 14.5. The summed E-state index contributed by atoms with van der Waals surface area (Å²) in [5, 5.41) is 2.50. The van der Waals surface area contributed by atoms with Gasteiger partial charge in [-0.1, -0.05) is 24.3 Å². The maximum absolute atomic E-state index is 13.4. The molecule has 2 aromatic rings. The lowest BCUT2D eigenvalue weighted by atomic mass is 10.3. The number of nitrogens with one attached hydrogen (secondary N) is 1. The first-order valence-corrected chi connectivity index (χ1v) is 6.84. The molecule has 0 saturated heterocycles. The van der Waals surface area contributed by atoms with Crippen LogP contribution in [0.1, 0.15) is 6.92 Å². The fourth-order valence-corrected chi connectivity index (χ4v) is 1.96. The molecule has 0 aliphatic carbocycles. The van der Waals surface area contributed by atoms with E-state index in [9.17, 15) is 9.18 Å². The van der Waals surface area contributed by atoms with Crippen molar-refractivity contribution in [2.45, 2.75) is 13.0 Å². The van der Waals surface area contributed by atoms with Crippen LogP contribution in [0.5, 0.6) is 5.75 Å². The molecule has 20 heavy (non-hydrogen) atoms. The van der Waals surface area contributed by atoms with Crippen LogP contribution in [0.25, 0.3) is 0 Å². The molecule has 104 valence electrons. The van der Waals surface area contributed by atoms with Crippen molar-refractivity contribution in [3.05, 3.63) is 58.8 Å². The summed E-state index contributed by atoms with van der Waals surface area (Å²) >= 11 is 3.34. The first kappa shape index (κ1) is 14.5. The molecular formula is C15H13BrFNO2. The fourth-order valence-electron chi connectivity index (χ4n) is 1.58. The number of hydrogen-bond acceptors (Lipinski definition) is 2. The zero-order valence-electron chi connectivity index (χ0n) is 10.8. The Balaban J connectivity index is 2.03. The van der Waals surface area contributed by atoms with Gasteiger partial charge in [0, 0.05) is 0 Å². The molecule has 0 spiro atoms. The summed E-state index contributed by atoms with van der Waals surface area (Å²) in [6, 6.07) is 13.2. The van der Waals surface area contributed by atoms with E-state index in [1.54, 1.807) is 25.1 Å². The predicted octanol–water partition coefficient (Wildman–Crippen LogP) is 3.99. The van der Waals surface area contributed by atoms with Gasteiger partial charge in [0.05, 0.1) is 10.2 Å². The van der Waals surface area contributed by atoms with Crippen molar-refractivity contribution >= 4 is 27.5 Å². The van der Waals surface area contributed by atoms with Gasteiger partial charge in [-0.25, -0.2) is 4.39 Å². The number of amides is 1. The molecule has 0 aliphatic rings. The van der Waals surface area contributed by atoms with Crippen LogP contribution in [0, 0.1) is 5.82 Å². The summed E-state index contributed by atoms with van der Waals surface area (Å²) < 4.78 is 19.7. The average Bonchev–Trinajstić information content (AvgIpc) is 2.43. The molecular weight excluding hydrogens is 325 g/mol. The van der Waals surface area contributed by atoms with E-state index in [1.807, 2.05) is 18.2 Å². The van der Waals surface area contributed by atoms with Crippen molar-refractivity contribution in [2.24, 2.45) is 0 Å². The average molecular weight is 338 g/mol. The molecule has 2 rings (SSSR count). The number of benzene rings is 2. The van der Waals surface area contributed by atoms with Gasteiger partial charge in [0.1, 0.15) is 11.6 Å². The summed E-state index contributed by atoms with van der Waals surface area (Å²) in [7, 11) is 0. The maximum atomic E-state index is 13.4. The van der Waals surface area contributed by atoms with E-state index in [1.165, 1.54) is 12.1 Å². The molecule has 0 unspecified atom stereocenters. The largest absolute Gasteiger partial charge is 0.480 e. The normalized spacial score (nSPS) is 11.8. The van der Waals surface area contributed by atoms with Crippen molar-refractivity contribution in [1.82, 2.24) is 0 Å². The molecule has 0 heterocycles. The smallest absolute Gasteiger partial charge is 0.265 e. The van der Waals surface area contributed by atoms with Crippen LogP contribution in [0.2, 0.25) is 0 Å². The van der Waals surface area contributed by atoms with Gasteiger partial charge in [-0.15, -0.1) is 0 Å². The van der Waals surface area contributed by atoms with E-state index in [2.05, 4.69) is 21.2 Å². The molecule has 3 nitrogen and oxygen atoms in total. The molecule has 0 bridgehead atoms. The van der Waals surface area contributed by atoms with Crippen molar-refractivity contribution in [3.63, 3.8) is 0 Å². The molecule has 1 N–H and O–H groups in total. The molecule has 2 aromatic carbocycles. The van der Waals surface area contributed by atoms with Crippen molar-refractivity contribution in [1.29, 1.82) is 0 Å². The maximum Gasteiger partial charge on any atom is 0.265 e.